The fourth-order valence-electron chi connectivity index (χ4n) is 4.94. The summed E-state index contributed by atoms with van der Waals surface area (Å²) in [7, 11) is 0. The van der Waals surface area contributed by atoms with E-state index in [-0.39, 0.29) is 11.7 Å². The van der Waals surface area contributed by atoms with Crippen molar-refractivity contribution in [2.24, 2.45) is 0 Å². The van der Waals surface area contributed by atoms with Gasteiger partial charge in [-0.25, -0.2) is 13.8 Å². The van der Waals surface area contributed by atoms with Crippen LogP contribution in [-0.2, 0) is 28.3 Å². The number of carboxylic acid groups (broad SMARTS) is 1. The first kappa shape index (κ1) is 25.5. The summed E-state index contributed by atoms with van der Waals surface area (Å²) in [6.45, 7) is 3.61. The van der Waals surface area contributed by atoms with E-state index < -0.39 is 17.9 Å². The highest BCUT2D eigenvalue weighted by atomic mass is 19.3. The number of likely N-dealkylation sites (tertiary alicyclic amines) is 1. The van der Waals surface area contributed by atoms with E-state index in [1.807, 2.05) is 4.90 Å². The second-order valence-corrected chi connectivity index (χ2v) is 9.68. The molecule has 0 radical (unpaired) electrons. The maximum absolute atomic E-state index is 13.5. The second kappa shape index (κ2) is 11.4. The number of aliphatic carboxylic acids is 1. The minimum Gasteiger partial charge on any atom is -0.480 e. The van der Waals surface area contributed by atoms with E-state index in [1.165, 1.54) is 29.8 Å². The van der Waals surface area contributed by atoms with Crippen LogP contribution in [0.5, 0.6) is 0 Å². The van der Waals surface area contributed by atoms with Crippen LogP contribution in [0, 0.1) is 0 Å². The van der Waals surface area contributed by atoms with E-state index >= 15 is 0 Å². The van der Waals surface area contributed by atoms with Gasteiger partial charge in [0.05, 0.1) is 6.10 Å². The van der Waals surface area contributed by atoms with Crippen LogP contribution >= 0.6 is 0 Å². The quantitative estimate of drug-likeness (QED) is 0.426. The Labute approximate surface area is 205 Å². The Morgan fingerprint density at radius 1 is 1.23 bits per heavy atom. The van der Waals surface area contributed by atoms with Gasteiger partial charge in [-0.1, -0.05) is 36.8 Å². The molecule has 190 valence electrons. The highest BCUT2D eigenvalue weighted by Crippen LogP contribution is 2.31. The van der Waals surface area contributed by atoms with Crippen molar-refractivity contribution in [2.45, 2.75) is 69.9 Å². The van der Waals surface area contributed by atoms with Crippen LogP contribution in [0.1, 0.15) is 67.5 Å². The highest BCUT2D eigenvalue weighted by Gasteiger charge is 2.34. The Kier molecular flexibility index (Phi) is 8.34. The number of nitrogens with one attached hydrogen (secondary N) is 1. The molecule has 2 aliphatic rings. The number of pyridine rings is 1. The zero-order valence-electron chi connectivity index (χ0n) is 20.3. The Balaban J connectivity index is 1.18. The number of nitrogens with zero attached hydrogens (tertiary/aromatic N) is 2. The number of alkyl halides is 2. The number of fused-ring (bicyclic) bond motifs is 1. The fourth-order valence-corrected chi connectivity index (χ4v) is 4.94. The third-order valence-corrected chi connectivity index (χ3v) is 6.89. The number of carbonyl (C=O) groups is 1. The first-order valence-corrected chi connectivity index (χ1v) is 12.6. The molecule has 2 atom stereocenters. The van der Waals surface area contributed by atoms with Crippen molar-refractivity contribution in [3.63, 3.8) is 0 Å². The standard InChI is InChI=1S/C27H35F2N3O3/c1-27(28,29)21-11-8-19(9-12-21)24(26(33)34)32-16-14-23(18-32)35-17-4-2-3-7-22-13-10-20-6-5-15-30-25(20)31-22/h8-13,23-24H,2-7,14-18H2,1H3,(H,30,31)(H,33,34)/t23-,24-/m1/s1. The zero-order chi connectivity index (χ0) is 24.8. The van der Waals surface area contributed by atoms with Crippen LogP contribution in [0.25, 0.3) is 0 Å². The largest absolute Gasteiger partial charge is 0.480 e. The lowest BCUT2D eigenvalue weighted by atomic mass is 10.0. The molecule has 0 spiro atoms. The number of aromatic nitrogens is 1. The summed E-state index contributed by atoms with van der Waals surface area (Å²) in [5.41, 5.74) is 2.83. The van der Waals surface area contributed by atoms with E-state index in [9.17, 15) is 18.7 Å². The van der Waals surface area contributed by atoms with Gasteiger partial charge in [0, 0.05) is 44.4 Å². The zero-order valence-corrected chi connectivity index (χ0v) is 20.3. The summed E-state index contributed by atoms with van der Waals surface area (Å²) in [5, 5.41) is 13.2. The number of carboxylic acids is 1. The molecule has 2 N–H and O–H groups in total. The molecule has 2 aromatic rings. The normalized spacial score (nSPS) is 19.2. The molecule has 8 heteroatoms. The average Bonchev–Trinajstić information content (AvgIpc) is 3.29. The SMILES string of the molecule is CC(F)(F)c1ccc([C@H](C(=O)O)N2CC[C@@H](OCCCCCc3ccc4c(n3)NCCC4)C2)cc1. The van der Waals surface area contributed by atoms with E-state index in [1.54, 1.807) is 0 Å². The van der Waals surface area contributed by atoms with Crippen molar-refractivity contribution in [2.75, 3.05) is 31.6 Å². The summed E-state index contributed by atoms with van der Waals surface area (Å²) in [5.74, 6) is -2.88. The number of hydrogen-bond acceptors (Lipinski definition) is 5. The molecule has 1 fully saturated rings. The van der Waals surface area contributed by atoms with Crippen molar-refractivity contribution in [1.82, 2.24) is 9.88 Å². The summed E-state index contributed by atoms with van der Waals surface area (Å²) in [4.78, 5) is 18.6. The van der Waals surface area contributed by atoms with Crippen LogP contribution in [0.3, 0.4) is 0 Å². The Morgan fingerprint density at radius 3 is 2.77 bits per heavy atom. The molecule has 0 saturated carbocycles. The second-order valence-electron chi connectivity index (χ2n) is 9.68. The molecule has 3 heterocycles. The first-order chi connectivity index (χ1) is 16.8. The van der Waals surface area contributed by atoms with Crippen molar-refractivity contribution < 1.29 is 23.4 Å². The van der Waals surface area contributed by atoms with Gasteiger partial charge < -0.3 is 15.2 Å². The molecule has 4 rings (SSSR count). The van der Waals surface area contributed by atoms with Gasteiger partial charge in [-0.3, -0.25) is 9.69 Å². The lowest BCUT2D eigenvalue weighted by Gasteiger charge is -2.25. The molecule has 0 bridgehead atoms. The number of hydrogen-bond donors (Lipinski definition) is 2. The number of rotatable bonds is 11. The van der Waals surface area contributed by atoms with Crippen molar-refractivity contribution in [3.8, 4) is 0 Å². The molecule has 2 aliphatic heterocycles. The molecule has 1 aromatic heterocycles. The van der Waals surface area contributed by atoms with Gasteiger partial charge in [0.15, 0.2) is 0 Å². The number of unbranched alkanes of at least 4 members (excludes halogenated alkanes) is 2. The molecule has 0 aliphatic carbocycles. The number of benzene rings is 1. The van der Waals surface area contributed by atoms with Crippen LogP contribution < -0.4 is 5.32 Å². The molecular formula is C27H35F2N3O3. The number of aryl methyl sites for hydroxylation is 2. The predicted molar refractivity (Wildman–Crippen MR) is 131 cm³/mol. The maximum Gasteiger partial charge on any atom is 0.325 e. The Bertz CT molecular complexity index is 994. The van der Waals surface area contributed by atoms with E-state index in [0.29, 0.717) is 25.3 Å². The molecule has 1 saturated heterocycles. The van der Waals surface area contributed by atoms with Gasteiger partial charge in [0.1, 0.15) is 11.9 Å². The fraction of sp³-hybridized carbons (Fsp3) is 0.556. The summed E-state index contributed by atoms with van der Waals surface area (Å²) < 4.78 is 33.0. The van der Waals surface area contributed by atoms with Crippen molar-refractivity contribution in [1.29, 1.82) is 0 Å². The monoisotopic (exact) mass is 487 g/mol. The Morgan fingerprint density at radius 2 is 2.03 bits per heavy atom. The summed E-state index contributed by atoms with van der Waals surface area (Å²) >= 11 is 0. The molecule has 1 aromatic carbocycles. The van der Waals surface area contributed by atoms with Crippen LogP contribution in [0.2, 0.25) is 0 Å². The third-order valence-electron chi connectivity index (χ3n) is 6.89. The van der Waals surface area contributed by atoms with E-state index in [2.05, 4.69) is 17.4 Å². The van der Waals surface area contributed by atoms with Gasteiger partial charge >= 0.3 is 5.97 Å². The highest BCUT2D eigenvalue weighted by molar-refractivity contribution is 5.75. The summed E-state index contributed by atoms with van der Waals surface area (Å²) in [6.07, 6.45) is 7.03. The van der Waals surface area contributed by atoms with E-state index in [4.69, 9.17) is 9.72 Å². The lowest BCUT2D eigenvalue weighted by Crippen LogP contribution is -2.33. The first-order valence-electron chi connectivity index (χ1n) is 12.6. The topological polar surface area (TPSA) is 74.7 Å². The van der Waals surface area contributed by atoms with Gasteiger partial charge in [0.2, 0.25) is 0 Å². The third kappa shape index (κ3) is 6.76. The van der Waals surface area contributed by atoms with E-state index in [0.717, 1.165) is 69.9 Å². The predicted octanol–water partition coefficient (Wildman–Crippen LogP) is 5.18. The average molecular weight is 488 g/mol. The van der Waals surface area contributed by atoms with Gasteiger partial charge in [-0.05, 0) is 55.7 Å². The van der Waals surface area contributed by atoms with Gasteiger partial charge in [-0.2, -0.15) is 0 Å². The molecule has 35 heavy (non-hydrogen) atoms. The van der Waals surface area contributed by atoms with Crippen molar-refractivity contribution >= 4 is 11.8 Å². The smallest absolute Gasteiger partial charge is 0.325 e. The van der Waals surface area contributed by atoms with Crippen LogP contribution in [-0.4, -0.2) is 53.3 Å². The van der Waals surface area contributed by atoms with Crippen LogP contribution in [0.4, 0.5) is 14.6 Å². The maximum atomic E-state index is 13.5. The minimum atomic E-state index is -2.95. The Hall–Kier alpha value is -2.58. The summed E-state index contributed by atoms with van der Waals surface area (Å²) in [6, 6.07) is 9.07. The van der Waals surface area contributed by atoms with Crippen LogP contribution in [0.15, 0.2) is 36.4 Å². The lowest BCUT2D eigenvalue weighted by molar-refractivity contribution is -0.143. The number of anilines is 1. The molecule has 0 unspecified atom stereocenters. The molecular weight excluding hydrogens is 452 g/mol. The van der Waals surface area contributed by atoms with Gasteiger partial charge in [-0.15, -0.1) is 0 Å². The number of halogens is 2. The molecule has 6 nitrogen and oxygen atoms in total. The number of ether oxygens (including phenoxy) is 1. The minimum absolute atomic E-state index is 0.00974. The molecule has 0 amide bonds. The van der Waals surface area contributed by atoms with Crippen molar-refractivity contribution in [3.05, 3.63) is 58.8 Å². The van der Waals surface area contributed by atoms with Gasteiger partial charge in [0.25, 0.3) is 5.92 Å².